The minimum absolute atomic E-state index is 0.580. The molecule has 4 nitrogen and oxygen atoms in total. The molecule has 0 radical (unpaired) electrons. The summed E-state index contributed by atoms with van der Waals surface area (Å²) in [5.74, 6) is 2.82. The van der Waals surface area contributed by atoms with E-state index in [1.807, 2.05) is 0 Å². The van der Waals surface area contributed by atoms with Crippen molar-refractivity contribution in [2.45, 2.75) is 39.2 Å². The van der Waals surface area contributed by atoms with Gasteiger partial charge in [0.15, 0.2) is 0 Å². The average molecular weight is 270 g/mol. The van der Waals surface area contributed by atoms with Crippen LogP contribution in [-0.4, -0.2) is 21.3 Å². The third kappa shape index (κ3) is 2.75. The molecule has 1 aromatic carbocycles. The Morgan fingerprint density at radius 2 is 2.20 bits per heavy atom. The first-order chi connectivity index (χ1) is 9.76. The normalized spacial score (nSPS) is 18.0. The molecule has 0 aliphatic carbocycles. The van der Waals surface area contributed by atoms with E-state index in [1.165, 1.54) is 11.1 Å². The Morgan fingerprint density at radius 1 is 1.30 bits per heavy atom. The number of rotatable bonds is 4. The van der Waals surface area contributed by atoms with E-state index in [4.69, 9.17) is 5.73 Å². The highest BCUT2D eigenvalue weighted by atomic mass is 15.3. The molecular weight excluding hydrogens is 248 g/mol. The lowest BCUT2D eigenvalue weighted by Gasteiger charge is -2.22. The van der Waals surface area contributed by atoms with E-state index in [2.05, 4.69) is 46.0 Å². The second-order valence-electron chi connectivity index (χ2n) is 5.77. The van der Waals surface area contributed by atoms with Crippen molar-refractivity contribution in [3.63, 3.8) is 0 Å². The van der Waals surface area contributed by atoms with E-state index >= 15 is 0 Å². The van der Waals surface area contributed by atoms with Crippen molar-refractivity contribution in [3.05, 3.63) is 47.0 Å². The second kappa shape index (κ2) is 5.75. The summed E-state index contributed by atoms with van der Waals surface area (Å²) >= 11 is 0. The summed E-state index contributed by atoms with van der Waals surface area (Å²) in [5, 5.41) is 8.70. The minimum Gasteiger partial charge on any atom is -0.330 e. The molecule has 3 rings (SSSR count). The summed E-state index contributed by atoms with van der Waals surface area (Å²) in [6.07, 6.45) is 4.13. The molecular formula is C16H22N4. The smallest absolute Gasteiger partial charge is 0.133 e. The third-order valence-corrected chi connectivity index (χ3v) is 4.17. The highest BCUT2D eigenvalue weighted by molar-refractivity contribution is 5.22. The quantitative estimate of drug-likeness (QED) is 0.923. The molecule has 0 fully saturated rings. The van der Waals surface area contributed by atoms with Gasteiger partial charge >= 0.3 is 0 Å². The first kappa shape index (κ1) is 13.3. The van der Waals surface area contributed by atoms with Crippen LogP contribution < -0.4 is 5.73 Å². The van der Waals surface area contributed by atoms with Crippen molar-refractivity contribution < 1.29 is 0 Å². The molecule has 1 aliphatic heterocycles. The first-order valence-corrected chi connectivity index (χ1v) is 7.43. The van der Waals surface area contributed by atoms with Gasteiger partial charge < -0.3 is 10.3 Å². The summed E-state index contributed by atoms with van der Waals surface area (Å²) < 4.78 is 2.29. The monoisotopic (exact) mass is 270 g/mol. The Labute approximate surface area is 120 Å². The molecule has 1 aromatic heterocycles. The number of benzene rings is 1. The largest absolute Gasteiger partial charge is 0.330 e. The van der Waals surface area contributed by atoms with Crippen molar-refractivity contribution in [1.29, 1.82) is 0 Å². The van der Waals surface area contributed by atoms with Crippen LogP contribution >= 0.6 is 0 Å². The predicted octanol–water partition coefficient (Wildman–Crippen LogP) is 1.89. The highest BCUT2D eigenvalue weighted by Crippen LogP contribution is 2.20. The fraction of sp³-hybridized carbons (Fsp3) is 0.500. The van der Waals surface area contributed by atoms with Gasteiger partial charge in [0.2, 0.25) is 0 Å². The van der Waals surface area contributed by atoms with Gasteiger partial charge in [-0.05, 0) is 37.8 Å². The van der Waals surface area contributed by atoms with Gasteiger partial charge in [-0.15, -0.1) is 10.2 Å². The van der Waals surface area contributed by atoms with Crippen LogP contribution in [0.15, 0.2) is 24.3 Å². The molecule has 1 unspecified atom stereocenters. The van der Waals surface area contributed by atoms with Crippen LogP contribution in [0.3, 0.4) is 0 Å². The maximum Gasteiger partial charge on any atom is 0.133 e. The van der Waals surface area contributed by atoms with Crippen LogP contribution in [0.5, 0.6) is 0 Å². The standard InChI is InChI=1S/C16H22N4/c1-12-3-2-4-13(9-12)5-7-15-18-19-16-8-6-14(10-17)11-20(15)16/h2-4,9,14H,5-8,10-11,17H2,1H3. The summed E-state index contributed by atoms with van der Waals surface area (Å²) in [7, 11) is 0. The molecule has 2 heterocycles. The molecule has 0 saturated heterocycles. The summed E-state index contributed by atoms with van der Waals surface area (Å²) in [6, 6.07) is 8.68. The maximum atomic E-state index is 5.81. The Bertz CT molecular complexity index is 588. The molecule has 20 heavy (non-hydrogen) atoms. The van der Waals surface area contributed by atoms with Crippen LogP contribution in [0.2, 0.25) is 0 Å². The van der Waals surface area contributed by atoms with Gasteiger partial charge in [0.1, 0.15) is 11.6 Å². The van der Waals surface area contributed by atoms with Crippen LogP contribution in [0, 0.1) is 12.8 Å². The van der Waals surface area contributed by atoms with Gasteiger partial charge in [-0.1, -0.05) is 29.8 Å². The summed E-state index contributed by atoms with van der Waals surface area (Å²) in [6.45, 7) is 3.88. The number of nitrogens with zero attached hydrogens (tertiary/aromatic N) is 3. The summed E-state index contributed by atoms with van der Waals surface area (Å²) in [5.41, 5.74) is 8.49. The number of nitrogens with two attached hydrogens (primary N) is 1. The van der Waals surface area contributed by atoms with E-state index in [0.717, 1.165) is 50.4 Å². The SMILES string of the molecule is Cc1cccc(CCc2nnc3n2CC(CN)CC3)c1. The first-order valence-electron chi connectivity index (χ1n) is 7.43. The van der Waals surface area contributed by atoms with Crippen LogP contribution in [0.1, 0.15) is 29.2 Å². The van der Waals surface area contributed by atoms with Crippen LogP contribution in [-0.2, 0) is 25.8 Å². The zero-order chi connectivity index (χ0) is 13.9. The van der Waals surface area contributed by atoms with E-state index in [-0.39, 0.29) is 0 Å². The van der Waals surface area contributed by atoms with Crippen LogP contribution in [0.4, 0.5) is 0 Å². The molecule has 0 bridgehead atoms. The minimum atomic E-state index is 0.580. The number of aryl methyl sites for hydroxylation is 4. The van der Waals surface area contributed by atoms with Crippen LogP contribution in [0.25, 0.3) is 0 Å². The van der Waals surface area contributed by atoms with E-state index in [1.54, 1.807) is 0 Å². The third-order valence-electron chi connectivity index (χ3n) is 4.17. The topological polar surface area (TPSA) is 56.7 Å². The van der Waals surface area contributed by atoms with Gasteiger partial charge in [-0.25, -0.2) is 0 Å². The molecule has 0 saturated carbocycles. The average Bonchev–Trinajstić information content (AvgIpc) is 2.87. The fourth-order valence-electron chi connectivity index (χ4n) is 2.95. The molecule has 1 aliphatic rings. The Hall–Kier alpha value is -1.68. The lowest BCUT2D eigenvalue weighted by Crippen LogP contribution is -2.27. The van der Waals surface area contributed by atoms with Gasteiger partial charge in [-0.3, -0.25) is 0 Å². The number of fused-ring (bicyclic) bond motifs is 1. The highest BCUT2D eigenvalue weighted by Gasteiger charge is 2.21. The van der Waals surface area contributed by atoms with Crippen molar-refractivity contribution in [1.82, 2.24) is 14.8 Å². The number of aromatic nitrogens is 3. The Kier molecular flexibility index (Phi) is 3.83. The summed E-state index contributed by atoms with van der Waals surface area (Å²) in [4.78, 5) is 0. The van der Waals surface area contributed by atoms with Crippen molar-refractivity contribution in [3.8, 4) is 0 Å². The zero-order valence-corrected chi connectivity index (χ0v) is 12.0. The van der Waals surface area contributed by atoms with Crippen molar-refractivity contribution in [2.24, 2.45) is 11.7 Å². The molecule has 106 valence electrons. The lowest BCUT2D eigenvalue weighted by molar-refractivity contribution is 0.367. The van der Waals surface area contributed by atoms with Crippen molar-refractivity contribution in [2.75, 3.05) is 6.54 Å². The molecule has 4 heteroatoms. The van der Waals surface area contributed by atoms with Gasteiger partial charge in [0.05, 0.1) is 0 Å². The maximum absolute atomic E-state index is 5.81. The van der Waals surface area contributed by atoms with E-state index in [0.29, 0.717) is 5.92 Å². The molecule has 2 aromatic rings. The number of hydrogen-bond donors (Lipinski definition) is 1. The lowest BCUT2D eigenvalue weighted by atomic mass is 9.99. The second-order valence-corrected chi connectivity index (χ2v) is 5.77. The molecule has 1 atom stereocenters. The number of hydrogen-bond acceptors (Lipinski definition) is 3. The van der Waals surface area contributed by atoms with Gasteiger partial charge in [0, 0.05) is 19.4 Å². The molecule has 0 spiro atoms. The van der Waals surface area contributed by atoms with E-state index in [9.17, 15) is 0 Å². The predicted molar refractivity (Wildman–Crippen MR) is 79.5 cm³/mol. The fourth-order valence-corrected chi connectivity index (χ4v) is 2.95. The zero-order valence-electron chi connectivity index (χ0n) is 12.0. The Morgan fingerprint density at radius 3 is 3.00 bits per heavy atom. The van der Waals surface area contributed by atoms with Gasteiger partial charge in [-0.2, -0.15) is 0 Å². The molecule has 0 amide bonds. The van der Waals surface area contributed by atoms with E-state index < -0.39 is 0 Å². The molecule has 2 N–H and O–H groups in total. The Balaban J connectivity index is 1.71. The van der Waals surface area contributed by atoms with Gasteiger partial charge in [0.25, 0.3) is 0 Å². The van der Waals surface area contributed by atoms with Crippen molar-refractivity contribution >= 4 is 0 Å².